The smallest absolute Gasteiger partial charge is 0.211 e. The normalized spacial score (nSPS) is 21.4. The van der Waals surface area contributed by atoms with Gasteiger partial charge >= 0.3 is 0 Å². The van der Waals surface area contributed by atoms with Crippen molar-refractivity contribution in [1.82, 2.24) is 4.72 Å². The van der Waals surface area contributed by atoms with Gasteiger partial charge < -0.3 is 5.73 Å². The molecule has 1 fully saturated rings. The number of hydrogen-bond donors (Lipinski definition) is 2. The van der Waals surface area contributed by atoms with Crippen LogP contribution in [-0.4, -0.2) is 26.3 Å². The van der Waals surface area contributed by atoms with E-state index in [-0.39, 0.29) is 17.2 Å². The van der Waals surface area contributed by atoms with Gasteiger partial charge in [0.1, 0.15) is 0 Å². The Morgan fingerprint density at radius 2 is 1.71 bits per heavy atom. The van der Waals surface area contributed by atoms with E-state index in [9.17, 15) is 8.42 Å². The molecule has 0 saturated heterocycles. The van der Waals surface area contributed by atoms with Gasteiger partial charge in [0.25, 0.3) is 0 Å². The zero-order chi connectivity index (χ0) is 12.9. The minimum absolute atomic E-state index is 0.148. The highest BCUT2D eigenvalue weighted by Gasteiger charge is 2.27. The first-order chi connectivity index (χ1) is 7.83. The molecule has 1 saturated carbocycles. The van der Waals surface area contributed by atoms with E-state index >= 15 is 0 Å². The van der Waals surface area contributed by atoms with Crippen LogP contribution in [-0.2, 0) is 10.0 Å². The molecular formula is C12H26N2O2S. The molecule has 1 rings (SSSR count). The average molecular weight is 262 g/mol. The Hall–Kier alpha value is -0.130. The van der Waals surface area contributed by atoms with E-state index in [1.165, 1.54) is 12.8 Å². The first-order valence-electron chi connectivity index (χ1n) is 6.59. The van der Waals surface area contributed by atoms with Crippen LogP contribution >= 0.6 is 0 Å². The molecule has 0 aromatic carbocycles. The molecule has 0 aromatic rings. The van der Waals surface area contributed by atoms with Gasteiger partial charge in [-0.3, -0.25) is 0 Å². The number of sulfonamides is 1. The van der Waals surface area contributed by atoms with Crippen LogP contribution in [0.15, 0.2) is 0 Å². The van der Waals surface area contributed by atoms with Crippen molar-refractivity contribution in [3.63, 3.8) is 0 Å². The van der Waals surface area contributed by atoms with Gasteiger partial charge in [0.05, 0.1) is 5.75 Å². The third-order valence-corrected chi connectivity index (χ3v) is 4.99. The van der Waals surface area contributed by atoms with E-state index in [0.29, 0.717) is 6.54 Å². The van der Waals surface area contributed by atoms with Crippen molar-refractivity contribution in [3.05, 3.63) is 0 Å². The SMILES string of the molecule is CC(C)CS(=O)(=O)NCC1(N)CCCCCC1. The van der Waals surface area contributed by atoms with Crippen LogP contribution in [0, 0.1) is 5.92 Å². The highest BCUT2D eigenvalue weighted by atomic mass is 32.2. The van der Waals surface area contributed by atoms with E-state index in [1.54, 1.807) is 0 Å². The second-order valence-electron chi connectivity index (χ2n) is 5.77. The van der Waals surface area contributed by atoms with Crippen LogP contribution in [0.5, 0.6) is 0 Å². The summed E-state index contributed by atoms with van der Waals surface area (Å²) in [5.41, 5.74) is 5.94. The van der Waals surface area contributed by atoms with Gasteiger partial charge in [0.15, 0.2) is 0 Å². The highest BCUT2D eigenvalue weighted by Crippen LogP contribution is 2.24. The van der Waals surface area contributed by atoms with Crippen LogP contribution < -0.4 is 10.5 Å². The van der Waals surface area contributed by atoms with E-state index in [4.69, 9.17) is 5.73 Å². The minimum Gasteiger partial charge on any atom is -0.324 e. The van der Waals surface area contributed by atoms with Gasteiger partial charge in [-0.25, -0.2) is 13.1 Å². The molecule has 0 atom stereocenters. The van der Waals surface area contributed by atoms with Crippen molar-refractivity contribution in [2.24, 2.45) is 11.7 Å². The van der Waals surface area contributed by atoms with E-state index in [1.807, 2.05) is 13.8 Å². The van der Waals surface area contributed by atoms with Crippen molar-refractivity contribution < 1.29 is 8.42 Å². The number of nitrogens with two attached hydrogens (primary N) is 1. The molecule has 0 aromatic heterocycles. The standard InChI is InChI=1S/C12H26N2O2S/c1-11(2)9-17(15,16)14-10-12(13)7-5-3-4-6-8-12/h11,14H,3-10,13H2,1-2H3. The predicted molar refractivity (Wildman–Crippen MR) is 71.2 cm³/mol. The average Bonchev–Trinajstić information content (AvgIpc) is 2.39. The van der Waals surface area contributed by atoms with Crippen molar-refractivity contribution >= 4 is 10.0 Å². The van der Waals surface area contributed by atoms with Gasteiger partial charge in [-0.15, -0.1) is 0 Å². The zero-order valence-corrected chi connectivity index (χ0v) is 11.9. The summed E-state index contributed by atoms with van der Waals surface area (Å²) in [7, 11) is -3.16. The lowest BCUT2D eigenvalue weighted by Crippen LogP contribution is -2.50. The topological polar surface area (TPSA) is 72.2 Å². The van der Waals surface area contributed by atoms with E-state index in [2.05, 4.69) is 4.72 Å². The molecule has 4 nitrogen and oxygen atoms in total. The second kappa shape index (κ2) is 6.16. The van der Waals surface area contributed by atoms with Gasteiger partial charge in [0, 0.05) is 12.1 Å². The van der Waals surface area contributed by atoms with Crippen LogP contribution in [0.2, 0.25) is 0 Å². The second-order valence-corrected chi connectivity index (χ2v) is 7.62. The molecule has 5 heteroatoms. The highest BCUT2D eigenvalue weighted by molar-refractivity contribution is 7.89. The lowest BCUT2D eigenvalue weighted by molar-refractivity contribution is 0.368. The molecule has 1 aliphatic rings. The Kier molecular flexibility index (Phi) is 5.41. The maximum atomic E-state index is 11.7. The number of nitrogens with one attached hydrogen (secondary N) is 1. The van der Waals surface area contributed by atoms with Gasteiger partial charge in [-0.1, -0.05) is 39.5 Å². The molecule has 0 aliphatic heterocycles. The third kappa shape index (κ3) is 5.84. The van der Waals surface area contributed by atoms with Crippen molar-refractivity contribution in [3.8, 4) is 0 Å². The monoisotopic (exact) mass is 262 g/mol. The van der Waals surface area contributed by atoms with E-state index < -0.39 is 10.0 Å². The largest absolute Gasteiger partial charge is 0.324 e. The summed E-state index contributed by atoms with van der Waals surface area (Å²) in [5, 5.41) is 0. The lowest BCUT2D eigenvalue weighted by atomic mass is 9.92. The van der Waals surface area contributed by atoms with Crippen molar-refractivity contribution in [2.75, 3.05) is 12.3 Å². The molecule has 0 radical (unpaired) electrons. The molecule has 17 heavy (non-hydrogen) atoms. The molecule has 3 N–H and O–H groups in total. The molecule has 0 bridgehead atoms. The quantitative estimate of drug-likeness (QED) is 0.739. The van der Waals surface area contributed by atoms with Gasteiger partial charge in [-0.05, 0) is 18.8 Å². The fourth-order valence-electron chi connectivity index (χ4n) is 2.36. The Balaban J connectivity index is 2.48. The number of hydrogen-bond acceptors (Lipinski definition) is 3. The van der Waals surface area contributed by atoms with Crippen LogP contribution in [0.25, 0.3) is 0 Å². The first-order valence-corrected chi connectivity index (χ1v) is 8.24. The first kappa shape index (κ1) is 14.9. The third-order valence-electron chi connectivity index (χ3n) is 3.30. The zero-order valence-electron chi connectivity index (χ0n) is 11.0. The van der Waals surface area contributed by atoms with Crippen LogP contribution in [0.1, 0.15) is 52.4 Å². The summed E-state index contributed by atoms with van der Waals surface area (Å²) >= 11 is 0. The summed E-state index contributed by atoms with van der Waals surface area (Å²) in [5.74, 6) is 0.332. The fourth-order valence-corrected chi connectivity index (χ4v) is 3.86. The molecule has 0 amide bonds. The lowest BCUT2D eigenvalue weighted by Gasteiger charge is -2.28. The summed E-state index contributed by atoms with van der Waals surface area (Å²) in [6, 6.07) is 0. The Morgan fingerprint density at radius 1 is 1.18 bits per heavy atom. The van der Waals surface area contributed by atoms with Crippen LogP contribution in [0.4, 0.5) is 0 Å². The molecule has 1 aliphatic carbocycles. The summed E-state index contributed by atoms with van der Waals surface area (Å²) in [4.78, 5) is 0. The predicted octanol–water partition coefficient (Wildman–Crippen LogP) is 1.61. The molecule has 0 heterocycles. The molecule has 102 valence electrons. The molecule has 0 unspecified atom stereocenters. The van der Waals surface area contributed by atoms with Crippen LogP contribution in [0.3, 0.4) is 0 Å². The summed E-state index contributed by atoms with van der Waals surface area (Å²) in [6.45, 7) is 4.20. The Morgan fingerprint density at radius 3 is 2.18 bits per heavy atom. The summed E-state index contributed by atoms with van der Waals surface area (Å²) in [6.07, 6.45) is 6.52. The Bertz CT molecular complexity index is 317. The van der Waals surface area contributed by atoms with Gasteiger partial charge in [-0.2, -0.15) is 0 Å². The minimum atomic E-state index is -3.16. The van der Waals surface area contributed by atoms with Crippen molar-refractivity contribution in [2.45, 2.75) is 57.9 Å². The van der Waals surface area contributed by atoms with Gasteiger partial charge in [0.2, 0.25) is 10.0 Å². The van der Waals surface area contributed by atoms with E-state index in [0.717, 1.165) is 25.7 Å². The number of rotatable bonds is 5. The maximum Gasteiger partial charge on any atom is 0.211 e. The molecule has 0 spiro atoms. The fraction of sp³-hybridized carbons (Fsp3) is 1.00. The van der Waals surface area contributed by atoms with Crippen molar-refractivity contribution in [1.29, 1.82) is 0 Å². The Labute approximate surface area is 105 Å². The molecular weight excluding hydrogens is 236 g/mol. The summed E-state index contributed by atoms with van der Waals surface area (Å²) < 4.78 is 26.2. The maximum absolute atomic E-state index is 11.7.